The molecule has 0 bridgehead atoms. The van der Waals surface area contributed by atoms with E-state index in [0.29, 0.717) is 28.0 Å². The number of fused-ring (bicyclic) bond motifs is 2. The van der Waals surface area contributed by atoms with Crippen molar-refractivity contribution in [2.75, 3.05) is 14.2 Å². The number of amides is 1. The summed E-state index contributed by atoms with van der Waals surface area (Å²) in [6.45, 7) is 1.70. The van der Waals surface area contributed by atoms with E-state index in [1.54, 1.807) is 25.3 Å². The van der Waals surface area contributed by atoms with Crippen molar-refractivity contribution in [2.24, 2.45) is 0 Å². The largest absolute Gasteiger partial charge is 0.493 e. The quantitative estimate of drug-likeness (QED) is 0.342. The van der Waals surface area contributed by atoms with Crippen LogP contribution in [0.1, 0.15) is 16.7 Å². The minimum atomic E-state index is -1.17. The van der Waals surface area contributed by atoms with Crippen molar-refractivity contribution in [2.45, 2.75) is 25.8 Å². The van der Waals surface area contributed by atoms with Crippen LogP contribution in [0.4, 0.5) is 0 Å². The molecule has 9 nitrogen and oxygen atoms in total. The fourth-order valence-corrected chi connectivity index (χ4v) is 4.05. The number of rotatable bonds is 8. The number of ether oxygens (including phenoxy) is 2. The minimum Gasteiger partial charge on any atom is -0.493 e. The van der Waals surface area contributed by atoms with Crippen LogP contribution >= 0.6 is 0 Å². The second kappa shape index (κ2) is 9.30. The number of carboxylic acid groups (broad SMARTS) is 1. The number of hydrogen-bond acceptors (Lipinski definition) is 6. The molecule has 34 heavy (non-hydrogen) atoms. The average molecular weight is 464 g/mol. The van der Waals surface area contributed by atoms with E-state index in [9.17, 15) is 19.5 Å². The highest BCUT2D eigenvalue weighted by Gasteiger charge is 2.24. The Morgan fingerprint density at radius 2 is 1.82 bits per heavy atom. The van der Waals surface area contributed by atoms with Gasteiger partial charge in [-0.2, -0.15) is 0 Å². The van der Waals surface area contributed by atoms with Gasteiger partial charge in [0.1, 0.15) is 11.6 Å². The molecule has 4 aromatic rings. The molecule has 1 unspecified atom stereocenters. The van der Waals surface area contributed by atoms with Gasteiger partial charge in [0.2, 0.25) is 5.91 Å². The normalized spacial score (nSPS) is 12.0. The lowest BCUT2D eigenvalue weighted by Gasteiger charge is -2.15. The first-order chi connectivity index (χ1) is 16.3. The van der Waals surface area contributed by atoms with Crippen molar-refractivity contribution in [3.05, 3.63) is 69.7 Å². The minimum absolute atomic E-state index is 0.0907. The van der Waals surface area contributed by atoms with Crippen LogP contribution in [0.15, 0.2) is 51.8 Å². The van der Waals surface area contributed by atoms with Gasteiger partial charge < -0.3 is 29.3 Å². The van der Waals surface area contributed by atoms with E-state index in [2.05, 4.69) is 10.3 Å². The maximum absolute atomic E-state index is 12.8. The lowest BCUT2D eigenvalue weighted by Crippen LogP contribution is -2.43. The third kappa shape index (κ3) is 4.32. The molecule has 9 heteroatoms. The SMILES string of the molecule is COc1cc2oc(=O)c(CC(=O)NC(Cc3c[nH]c4ccccc34)C(=O)O)c(C)c2cc1OC. The monoisotopic (exact) mass is 464 g/mol. The van der Waals surface area contributed by atoms with E-state index in [1.807, 2.05) is 24.3 Å². The first-order valence-electron chi connectivity index (χ1n) is 10.6. The van der Waals surface area contributed by atoms with Gasteiger partial charge >= 0.3 is 11.6 Å². The molecule has 0 aliphatic rings. The van der Waals surface area contributed by atoms with E-state index < -0.39 is 23.5 Å². The van der Waals surface area contributed by atoms with E-state index in [-0.39, 0.29) is 18.4 Å². The smallest absolute Gasteiger partial charge is 0.340 e. The number of aromatic amines is 1. The highest BCUT2D eigenvalue weighted by Crippen LogP contribution is 2.33. The van der Waals surface area contributed by atoms with E-state index in [1.165, 1.54) is 14.2 Å². The van der Waals surface area contributed by atoms with Crippen LogP contribution in [0.25, 0.3) is 21.9 Å². The molecule has 176 valence electrons. The van der Waals surface area contributed by atoms with E-state index >= 15 is 0 Å². The lowest BCUT2D eigenvalue weighted by molar-refractivity contribution is -0.141. The van der Waals surface area contributed by atoms with Gasteiger partial charge in [0.05, 0.1) is 26.2 Å². The van der Waals surface area contributed by atoms with Crippen molar-refractivity contribution in [1.29, 1.82) is 0 Å². The number of carboxylic acids is 1. The Bertz CT molecular complexity index is 1450. The van der Waals surface area contributed by atoms with Gasteiger partial charge in [0.25, 0.3) is 0 Å². The van der Waals surface area contributed by atoms with Crippen molar-refractivity contribution in [3.63, 3.8) is 0 Å². The maximum Gasteiger partial charge on any atom is 0.340 e. The number of aliphatic carboxylic acids is 1. The van der Waals surface area contributed by atoms with Crippen molar-refractivity contribution < 1.29 is 28.6 Å². The third-order valence-corrected chi connectivity index (χ3v) is 5.86. The van der Waals surface area contributed by atoms with Crippen LogP contribution in [0.3, 0.4) is 0 Å². The molecule has 0 saturated carbocycles. The van der Waals surface area contributed by atoms with E-state index in [0.717, 1.165) is 16.5 Å². The molecule has 2 heterocycles. The van der Waals surface area contributed by atoms with Gasteiger partial charge in [-0.15, -0.1) is 0 Å². The Labute approximate surface area is 194 Å². The number of carbonyl (C=O) groups excluding carboxylic acids is 1. The topological polar surface area (TPSA) is 131 Å². The van der Waals surface area contributed by atoms with Gasteiger partial charge in [-0.1, -0.05) is 18.2 Å². The number of benzene rings is 2. The second-order valence-corrected chi connectivity index (χ2v) is 7.90. The van der Waals surface area contributed by atoms with Gasteiger partial charge in [-0.05, 0) is 30.2 Å². The molecule has 0 fully saturated rings. The summed E-state index contributed by atoms with van der Waals surface area (Å²) in [4.78, 5) is 40.4. The second-order valence-electron chi connectivity index (χ2n) is 7.90. The van der Waals surface area contributed by atoms with Crippen LogP contribution < -0.4 is 20.4 Å². The molecular formula is C25H24N2O7. The Hall–Kier alpha value is -4.27. The number of aryl methyl sites for hydroxylation is 1. The predicted octanol–water partition coefficient (Wildman–Crippen LogP) is 2.95. The summed E-state index contributed by atoms with van der Waals surface area (Å²) in [7, 11) is 2.97. The van der Waals surface area contributed by atoms with Crippen LogP contribution in [0.5, 0.6) is 11.5 Å². The number of H-pyrrole nitrogens is 1. The molecule has 0 saturated heterocycles. The summed E-state index contributed by atoms with van der Waals surface area (Å²) in [5, 5.41) is 13.7. The number of methoxy groups -OCH3 is 2. The Kier molecular flexibility index (Phi) is 6.27. The van der Waals surface area contributed by atoms with Gasteiger partial charge in [-0.3, -0.25) is 4.79 Å². The lowest BCUT2D eigenvalue weighted by atomic mass is 10.0. The summed E-state index contributed by atoms with van der Waals surface area (Å²) in [6.07, 6.45) is 1.50. The maximum atomic E-state index is 12.8. The van der Waals surface area contributed by atoms with Gasteiger partial charge in [-0.25, -0.2) is 9.59 Å². The zero-order valence-corrected chi connectivity index (χ0v) is 18.9. The first kappa shape index (κ1) is 22.9. The van der Waals surface area contributed by atoms with Gasteiger partial charge in [0.15, 0.2) is 11.5 Å². The number of aromatic nitrogens is 1. The molecule has 0 aliphatic heterocycles. The zero-order valence-electron chi connectivity index (χ0n) is 18.9. The molecule has 4 rings (SSSR count). The summed E-state index contributed by atoms with van der Waals surface area (Å²) in [6, 6.07) is 9.57. The molecule has 1 amide bonds. The fourth-order valence-electron chi connectivity index (χ4n) is 4.05. The van der Waals surface area contributed by atoms with Gasteiger partial charge in [0, 0.05) is 35.0 Å². The highest BCUT2D eigenvalue weighted by atomic mass is 16.5. The highest BCUT2D eigenvalue weighted by molar-refractivity contribution is 5.89. The molecule has 3 N–H and O–H groups in total. The number of hydrogen-bond donors (Lipinski definition) is 3. The van der Waals surface area contributed by atoms with Crippen LogP contribution in [0.2, 0.25) is 0 Å². The van der Waals surface area contributed by atoms with Crippen molar-refractivity contribution in [1.82, 2.24) is 10.3 Å². The molecule has 1 atom stereocenters. The first-order valence-corrected chi connectivity index (χ1v) is 10.6. The van der Waals surface area contributed by atoms with Crippen LogP contribution in [0, 0.1) is 6.92 Å². The van der Waals surface area contributed by atoms with Crippen LogP contribution in [-0.2, 0) is 22.4 Å². The molecule has 2 aromatic heterocycles. The third-order valence-electron chi connectivity index (χ3n) is 5.86. The van der Waals surface area contributed by atoms with Crippen LogP contribution in [-0.4, -0.2) is 42.2 Å². The number of para-hydroxylation sites is 1. The van der Waals surface area contributed by atoms with Crippen molar-refractivity contribution >= 4 is 33.7 Å². The molecule has 0 aliphatic carbocycles. The molecule has 0 radical (unpaired) electrons. The summed E-state index contributed by atoms with van der Waals surface area (Å²) in [5.74, 6) is -0.906. The fraction of sp³-hybridized carbons (Fsp3) is 0.240. The van der Waals surface area contributed by atoms with E-state index in [4.69, 9.17) is 13.9 Å². The zero-order chi connectivity index (χ0) is 24.4. The Morgan fingerprint density at radius 3 is 2.53 bits per heavy atom. The Morgan fingerprint density at radius 1 is 1.12 bits per heavy atom. The number of nitrogens with one attached hydrogen (secondary N) is 2. The summed E-state index contributed by atoms with van der Waals surface area (Å²) in [5.41, 5.74) is 1.97. The molecule has 2 aromatic carbocycles. The number of carbonyl (C=O) groups is 2. The summed E-state index contributed by atoms with van der Waals surface area (Å²) < 4.78 is 16.0. The Balaban J connectivity index is 1.59. The summed E-state index contributed by atoms with van der Waals surface area (Å²) >= 11 is 0. The molecular weight excluding hydrogens is 440 g/mol. The predicted molar refractivity (Wildman–Crippen MR) is 126 cm³/mol. The molecule has 0 spiro atoms. The average Bonchev–Trinajstić information content (AvgIpc) is 3.23. The standard InChI is InChI=1S/C25H24N2O7/c1-13-16-9-21(32-2)22(33-3)11-20(16)34-25(31)17(13)10-23(28)27-19(24(29)30)8-14-12-26-18-7-5-4-6-15(14)18/h4-7,9,11-12,19,26H,8,10H2,1-3H3,(H,27,28)(H,29,30). The van der Waals surface area contributed by atoms with Crippen molar-refractivity contribution in [3.8, 4) is 11.5 Å².